The summed E-state index contributed by atoms with van der Waals surface area (Å²) < 4.78 is 5.72. The summed E-state index contributed by atoms with van der Waals surface area (Å²) in [5.41, 5.74) is 2.10. The molecule has 3 rings (SSSR count). The first-order chi connectivity index (χ1) is 11.7. The van der Waals surface area contributed by atoms with Gasteiger partial charge in [-0.15, -0.1) is 0 Å². The number of aromatic nitrogens is 2. The number of hydrogen-bond acceptors (Lipinski definition) is 4. The Morgan fingerprint density at radius 1 is 1.38 bits per heavy atom. The molecule has 0 unspecified atom stereocenters. The molecule has 0 aliphatic carbocycles. The summed E-state index contributed by atoms with van der Waals surface area (Å²) in [6.07, 6.45) is 4.74. The third kappa shape index (κ3) is 4.45. The van der Waals surface area contributed by atoms with Gasteiger partial charge in [-0.2, -0.15) is 0 Å². The fourth-order valence-corrected chi connectivity index (χ4v) is 3.26. The van der Waals surface area contributed by atoms with Gasteiger partial charge in [-0.25, -0.2) is 4.98 Å². The van der Waals surface area contributed by atoms with E-state index in [-0.39, 0.29) is 5.56 Å². The smallest absolute Gasteiger partial charge is 0.250 e. The van der Waals surface area contributed by atoms with E-state index in [1.807, 2.05) is 6.07 Å². The van der Waals surface area contributed by atoms with Crippen molar-refractivity contribution in [2.24, 2.45) is 0 Å². The van der Waals surface area contributed by atoms with Gasteiger partial charge in [0, 0.05) is 25.1 Å². The molecule has 0 radical (unpaired) electrons. The first-order valence-electron chi connectivity index (χ1n) is 8.73. The maximum Gasteiger partial charge on any atom is 0.250 e. The molecule has 2 aromatic rings. The minimum absolute atomic E-state index is 0.0714. The lowest BCUT2D eigenvalue weighted by Crippen LogP contribution is -2.34. The molecule has 0 amide bonds. The van der Waals surface area contributed by atoms with Crippen molar-refractivity contribution in [3.8, 4) is 5.75 Å². The lowest BCUT2D eigenvalue weighted by Gasteiger charge is -2.32. The Balaban J connectivity index is 1.64. The number of piperidine rings is 1. The summed E-state index contributed by atoms with van der Waals surface area (Å²) in [7, 11) is 0. The van der Waals surface area contributed by atoms with Crippen LogP contribution in [0.4, 0.5) is 0 Å². The Morgan fingerprint density at radius 2 is 2.29 bits per heavy atom. The van der Waals surface area contributed by atoms with Crippen LogP contribution in [0.5, 0.6) is 5.75 Å². The Morgan fingerprint density at radius 3 is 3.12 bits per heavy atom. The molecule has 1 N–H and O–H groups in total. The minimum atomic E-state index is -0.0714. The minimum Gasteiger partial charge on any atom is -0.494 e. The monoisotopic (exact) mass is 327 g/mol. The quantitative estimate of drug-likeness (QED) is 0.886. The van der Waals surface area contributed by atoms with Crippen LogP contribution >= 0.6 is 0 Å². The van der Waals surface area contributed by atoms with Crippen molar-refractivity contribution in [3.63, 3.8) is 0 Å². The number of aromatic amines is 1. The molecule has 5 heteroatoms. The number of H-pyrrole nitrogens is 1. The van der Waals surface area contributed by atoms with Gasteiger partial charge in [-0.05, 0) is 43.5 Å². The van der Waals surface area contributed by atoms with Gasteiger partial charge in [0.15, 0.2) is 0 Å². The lowest BCUT2D eigenvalue weighted by atomic mass is 9.94. The number of nitrogens with zero attached hydrogens (tertiary/aromatic N) is 2. The van der Waals surface area contributed by atoms with E-state index in [0.717, 1.165) is 56.9 Å². The van der Waals surface area contributed by atoms with Crippen molar-refractivity contribution < 1.29 is 4.74 Å². The van der Waals surface area contributed by atoms with E-state index in [1.165, 1.54) is 11.9 Å². The zero-order valence-electron chi connectivity index (χ0n) is 14.2. The van der Waals surface area contributed by atoms with Crippen LogP contribution in [0, 0.1) is 0 Å². The highest BCUT2D eigenvalue weighted by atomic mass is 16.5. The highest BCUT2D eigenvalue weighted by molar-refractivity contribution is 5.28. The van der Waals surface area contributed by atoms with E-state index in [1.54, 1.807) is 6.07 Å². The maximum absolute atomic E-state index is 11.5. The molecule has 1 atom stereocenters. The largest absolute Gasteiger partial charge is 0.494 e. The number of ether oxygens (including phenoxy) is 1. The molecule has 0 spiro atoms. The van der Waals surface area contributed by atoms with Crippen LogP contribution < -0.4 is 10.3 Å². The van der Waals surface area contributed by atoms with E-state index < -0.39 is 0 Å². The van der Waals surface area contributed by atoms with Crippen molar-refractivity contribution in [2.45, 2.75) is 38.6 Å². The normalized spacial score (nSPS) is 18.5. The molecule has 5 nitrogen and oxygen atoms in total. The van der Waals surface area contributed by atoms with Crippen LogP contribution in [0.2, 0.25) is 0 Å². The Kier molecular flexibility index (Phi) is 5.64. The highest BCUT2D eigenvalue weighted by Gasteiger charge is 2.22. The fourth-order valence-electron chi connectivity index (χ4n) is 3.26. The molecular formula is C19H25N3O2. The Bertz CT molecular complexity index is 714. The van der Waals surface area contributed by atoms with Crippen LogP contribution in [0.15, 0.2) is 41.5 Å². The molecule has 1 aliphatic rings. The summed E-state index contributed by atoms with van der Waals surface area (Å²) in [6.45, 7) is 5.79. The van der Waals surface area contributed by atoms with Gasteiger partial charge >= 0.3 is 0 Å². The average molecular weight is 327 g/mol. The third-order valence-electron chi connectivity index (χ3n) is 4.40. The van der Waals surface area contributed by atoms with Crippen molar-refractivity contribution >= 4 is 0 Å². The summed E-state index contributed by atoms with van der Waals surface area (Å²) in [5, 5.41) is 0. The lowest BCUT2D eigenvalue weighted by molar-refractivity contribution is 0.198. The highest BCUT2D eigenvalue weighted by Crippen LogP contribution is 2.26. The Labute approximate surface area is 142 Å². The van der Waals surface area contributed by atoms with Gasteiger partial charge < -0.3 is 9.72 Å². The molecule has 2 heterocycles. The molecule has 0 saturated carbocycles. The van der Waals surface area contributed by atoms with Gasteiger partial charge in [0.1, 0.15) is 5.75 Å². The molecule has 24 heavy (non-hydrogen) atoms. The fraction of sp³-hybridized carbons (Fsp3) is 0.474. The van der Waals surface area contributed by atoms with Crippen molar-refractivity contribution in [1.82, 2.24) is 14.9 Å². The van der Waals surface area contributed by atoms with Crippen LogP contribution in [0.1, 0.15) is 43.4 Å². The second kappa shape index (κ2) is 8.11. The van der Waals surface area contributed by atoms with Gasteiger partial charge in [0.2, 0.25) is 0 Å². The van der Waals surface area contributed by atoms with Crippen LogP contribution in [0.3, 0.4) is 0 Å². The maximum atomic E-state index is 11.5. The standard InChI is InChI=1S/C19H25N3O2/c1-2-9-24-17-7-3-5-15(10-17)12-22-8-4-6-16(13-22)18-11-19(23)21-14-20-18/h3,5,7,10-11,14,16H,2,4,6,8-9,12-13H2,1H3,(H,20,21,23)/t16-/m1/s1. The van der Waals surface area contributed by atoms with Crippen molar-refractivity contribution in [3.05, 3.63) is 58.3 Å². The van der Waals surface area contributed by atoms with Crippen LogP contribution in [0.25, 0.3) is 0 Å². The molecular weight excluding hydrogens is 302 g/mol. The number of nitrogens with one attached hydrogen (secondary N) is 1. The second-order valence-electron chi connectivity index (χ2n) is 6.41. The average Bonchev–Trinajstić information content (AvgIpc) is 2.60. The van der Waals surface area contributed by atoms with E-state index in [4.69, 9.17) is 4.74 Å². The van der Waals surface area contributed by atoms with E-state index in [0.29, 0.717) is 5.92 Å². The molecule has 1 aliphatic heterocycles. The van der Waals surface area contributed by atoms with Gasteiger partial charge in [0.05, 0.1) is 18.6 Å². The third-order valence-corrected chi connectivity index (χ3v) is 4.40. The summed E-state index contributed by atoms with van der Waals surface area (Å²) >= 11 is 0. The predicted molar refractivity (Wildman–Crippen MR) is 94.3 cm³/mol. The number of benzene rings is 1. The second-order valence-corrected chi connectivity index (χ2v) is 6.41. The predicted octanol–water partition coefficient (Wildman–Crippen LogP) is 2.94. The zero-order valence-corrected chi connectivity index (χ0v) is 14.2. The van der Waals surface area contributed by atoms with Gasteiger partial charge in [-0.3, -0.25) is 9.69 Å². The Hall–Kier alpha value is -2.14. The van der Waals surface area contributed by atoms with Crippen molar-refractivity contribution in [1.29, 1.82) is 0 Å². The van der Waals surface area contributed by atoms with Crippen molar-refractivity contribution in [2.75, 3.05) is 19.7 Å². The number of hydrogen-bond donors (Lipinski definition) is 1. The molecule has 128 valence electrons. The van der Waals surface area contributed by atoms with Crippen LogP contribution in [-0.2, 0) is 6.54 Å². The SMILES string of the molecule is CCCOc1cccc(CN2CCC[C@@H](c3cc(=O)[nH]cn3)C2)c1. The van der Waals surface area contributed by atoms with Gasteiger partial charge in [-0.1, -0.05) is 19.1 Å². The molecule has 1 aromatic heterocycles. The molecule has 0 bridgehead atoms. The molecule has 1 aromatic carbocycles. The number of likely N-dealkylation sites (tertiary alicyclic amines) is 1. The zero-order chi connectivity index (χ0) is 16.8. The summed E-state index contributed by atoms with van der Waals surface area (Å²) in [5.74, 6) is 1.28. The van der Waals surface area contributed by atoms with E-state index in [2.05, 4.69) is 40.0 Å². The van der Waals surface area contributed by atoms with E-state index in [9.17, 15) is 4.79 Å². The molecule has 1 fully saturated rings. The van der Waals surface area contributed by atoms with Gasteiger partial charge in [0.25, 0.3) is 5.56 Å². The molecule has 1 saturated heterocycles. The van der Waals surface area contributed by atoms with Crippen LogP contribution in [-0.4, -0.2) is 34.6 Å². The number of rotatable bonds is 6. The summed E-state index contributed by atoms with van der Waals surface area (Å²) in [4.78, 5) is 20.9. The summed E-state index contributed by atoms with van der Waals surface area (Å²) in [6, 6.07) is 9.98. The first kappa shape index (κ1) is 16.7. The van der Waals surface area contributed by atoms with E-state index >= 15 is 0 Å². The topological polar surface area (TPSA) is 58.2 Å². The first-order valence-corrected chi connectivity index (χ1v) is 8.73.